The van der Waals surface area contributed by atoms with Gasteiger partial charge in [0.15, 0.2) is 23.1 Å². The number of hydrogen-bond acceptors (Lipinski definition) is 34. The van der Waals surface area contributed by atoms with Crippen LogP contribution in [-0.2, 0) is 105 Å². The van der Waals surface area contributed by atoms with Gasteiger partial charge in [0, 0.05) is 188 Å². The number of pyridine rings is 4. The van der Waals surface area contributed by atoms with Crippen molar-refractivity contribution in [1.82, 2.24) is 62.5 Å². The lowest BCUT2D eigenvalue weighted by Crippen LogP contribution is -2.35. The molecule has 136 heavy (non-hydrogen) atoms. The zero-order chi connectivity index (χ0) is 98.6. The maximum absolute atomic E-state index is 13.4. The van der Waals surface area contributed by atoms with Crippen LogP contribution in [0.2, 0.25) is 0 Å². The fourth-order valence-electron chi connectivity index (χ4n) is 11.9. The largest absolute Gasteiger partial charge is 0.481 e. The number of Topliss-reactive ketones (excluding diaryl/α,β-unsaturated/α-hetero) is 4. The SMILES string of the molecule is CCC(=O)COCCOCCNC(=O)[C@H](CCCCNC(=O)CCSSc1ccccn1)CC(=O)COCCOCCNC(=O)[C@H](CCCCNC(=O)CCSSc1ccccn1)CC(=O)COCCOCCNC(=O)CCCCC(=O)O.C[C@@H](CCCCNC(=O)CCSSc1ccccn1)C(=O)NCCOCCOCC(=O)C[C@@H](CCCCNC(=O)CCSSc1ccccn1)C(N)=O. The van der Waals surface area contributed by atoms with Crippen molar-refractivity contribution in [3.8, 4) is 0 Å². The second-order valence-electron chi connectivity index (χ2n) is 30.7. The molecule has 4 rings (SSSR count). The molecular weight excluding hydrogens is 1910 g/mol. The number of carbonyl (C=O) groups is 14. The molecule has 760 valence electrons. The van der Waals surface area contributed by atoms with Crippen LogP contribution in [0.15, 0.2) is 118 Å². The molecule has 4 heterocycles. The van der Waals surface area contributed by atoms with Gasteiger partial charge >= 0.3 is 5.97 Å². The molecule has 0 fully saturated rings. The number of amides is 9. The first-order chi connectivity index (χ1) is 66.1. The minimum Gasteiger partial charge on any atom is -0.481 e. The number of hydrogen-bond donors (Lipinski definition) is 10. The number of ketones is 4. The predicted molar refractivity (Wildman–Crippen MR) is 534 cm³/mol. The Labute approximate surface area is 831 Å². The van der Waals surface area contributed by atoms with Crippen LogP contribution in [0.1, 0.15) is 168 Å². The molecule has 0 aliphatic carbocycles. The van der Waals surface area contributed by atoms with Gasteiger partial charge < -0.3 is 91.3 Å². The van der Waals surface area contributed by atoms with Gasteiger partial charge in [0.2, 0.25) is 53.2 Å². The molecule has 0 saturated heterocycles. The monoisotopic (exact) mass is 2050 g/mol. The Morgan fingerprint density at radius 1 is 0.316 bits per heavy atom. The Balaban J connectivity index is 0.000000771. The average Bonchev–Trinajstić information content (AvgIpc) is 0.919. The van der Waals surface area contributed by atoms with Crippen molar-refractivity contribution in [2.24, 2.45) is 29.4 Å². The number of carbonyl (C=O) groups excluding carboxylic acids is 13. The molecule has 0 spiro atoms. The van der Waals surface area contributed by atoms with Gasteiger partial charge in [0.25, 0.3) is 0 Å². The van der Waals surface area contributed by atoms with Crippen LogP contribution in [0.4, 0.5) is 0 Å². The van der Waals surface area contributed by atoms with Crippen LogP contribution >= 0.6 is 86.4 Å². The van der Waals surface area contributed by atoms with Crippen LogP contribution < -0.4 is 48.3 Å². The van der Waals surface area contributed by atoms with Crippen LogP contribution in [0.3, 0.4) is 0 Å². The van der Waals surface area contributed by atoms with Crippen molar-refractivity contribution in [2.45, 2.75) is 188 Å². The summed E-state index contributed by atoms with van der Waals surface area (Å²) in [5, 5.41) is 35.2. The number of nitrogens with zero attached hydrogens (tertiary/aromatic N) is 4. The third-order valence-corrected chi connectivity index (χ3v) is 28.3. The molecule has 0 bridgehead atoms. The summed E-state index contributed by atoms with van der Waals surface area (Å²) in [6, 6.07) is 22.8. The fraction of sp³-hybridized carbons (Fsp3) is 0.630. The van der Waals surface area contributed by atoms with Gasteiger partial charge in [-0.15, -0.1) is 0 Å². The number of nitrogens with one attached hydrogen (secondary N) is 8. The molecule has 4 aromatic heterocycles. The zero-order valence-electron chi connectivity index (χ0n) is 78.4. The standard InChI is InChI=1S/C56H87N7O16S4.C36H54N6O7S4/c1-2-46(64)41-77-34-31-75-29-26-62-55(72)45(14-6-10-22-58-51(69)20-38-81-83-53-17-8-12-24-61-53)40-48(66)43-79-36-33-76-30-27-63-56(73)44(13-5-9-21-57-50(68)19-37-80-82-52-16-7-11-23-60-52)39-47(65)42-78-35-32-74-28-25-59-49(67)15-3-4-18-54(70)71;1-28(10-2-6-16-38-31(44)14-24-50-52-33-12-4-8-18-40-33)36(47)42-20-21-48-22-23-49-27-30(43)26-29(35(37)46)11-3-7-17-39-32(45)15-25-51-53-34-13-5-9-19-41-34/h7-8,11-12,16-17,23-24,44-45H,2-6,9-10,13-15,18-22,25-43H2,1H3,(H,57,68)(H,58,69)(H,59,67)(H,62,72)(H,63,73)(H,70,71);4-5,8-9,12-13,18-19,28-29H,2-3,6-7,10-11,14-17,20-27H2,1H3,(H2,37,46)(H,38,44)(H,39,45)(H,42,47)/t44-,45-;28-,29+/m10/s1. The first-order valence-corrected chi connectivity index (χ1v) is 55.6. The van der Waals surface area contributed by atoms with Gasteiger partial charge in [0.05, 0.1) is 79.3 Å². The van der Waals surface area contributed by atoms with Crippen molar-refractivity contribution >= 4 is 169 Å². The van der Waals surface area contributed by atoms with Crippen LogP contribution in [-0.4, -0.2) is 288 Å². The molecule has 11 N–H and O–H groups in total. The summed E-state index contributed by atoms with van der Waals surface area (Å²) in [4.78, 5) is 189. The summed E-state index contributed by atoms with van der Waals surface area (Å²) in [6.45, 7) is 8.41. The molecule has 4 atom stereocenters. The number of nitrogens with two attached hydrogens (primary N) is 1. The van der Waals surface area contributed by atoms with Crippen molar-refractivity contribution in [1.29, 1.82) is 0 Å². The normalized spacial score (nSPS) is 11.9. The van der Waals surface area contributed by atoms with E-state index in [0.29, 0.717) is 165 Å². The third-order valence-electron chi connectivity index (χ3n) is 19.3. The Kier molecular flexibility index (Phi) is 77.0. The molecule has 4 aromatic rings. The molecule has 0 radical (unpaired) electrons. The van der Waals surface area contributed by atoms with Crippen LogP contribution in [0, 0.1) is 23.7 Å². The topological polar surface area (TPSA) is 507 Å². The highest BCUT2D eigenvalue weighted by Crippen LogP contribution is 2.32. The Morgan fingerprint density at radius 2 is 0.596 bits per heavy atom. The number of aliphatic carboxylic acids is 1. The molecule has 0 aliphatic heterocycles. The predicted octanol–water partition coefficient (Wildman–Crippen LogP) is 10.1. The highest BCUT2D eigenvalue weighted by molar-refractivity contribution is 8.77. The molecule has 0 aliphatic rings. The number of carboxylic acids is 1. The number of rotatable bonds is 88. The summed E-state index contributed by atoms with van der Waals surface area (Å²) >= 11 is 0. The molecule has 36 nitrogen and oxygen atoms in total. The van der Waals surface area contributed by atoms with E-state index in [-0.39, 0.29) is 227 Å². The van der Waals surface area contributed by atoms with Crippen molar-refractivity contribution in [2.75, 3.05) is 181 Å². The molecule has 0 aromatic carbocycles. The maximum Gasteiger partial charge on any atom is 0.303 e. The van der Waals surface area contributed by atoms with Gasteiger partial charge in [-0.1, -0.05) is 107 Å². The lowest BCUT2D eigenvalue weighted by molar-refractivity contribution is -0.137. The molecular formula is C92H141N13O23S8. The minimum atomic E-state index is -0.897. The number of unbranched alkanes of at least 4 members (excludes halogenated alkanes) is 5. The summed E-state index contributed by atoms with van der Waals surface area (Å²) in [5.41, 5.74) is 5.52. The van der Waals surface area contributed by atoms with E-state index >= 15 is 0 Å². The summed E-state index contributed by atoms with van der Waals surface area (Å²) < 4.78 is 43.9. The summed E-state index contributed by atoms with van der Waals surface area (Å²) in [6.07, 6.45) is 17.3. The van der Waals surface area contributed by atoms with Crippen molar-refractivity contribution in [3.63, 3.8) is 0 Å². The second kappa shape index (κ2) is 85.4. The highest BCUT2D eigenvalue weighted by Gasteiger charge is 2.25. The lowest BCUT2D eigenvalue weighted by atomic mass is 9.95. The fourth-order valence-corrected chi connectivity index (χ4v) is 19.4. The first kappa shape index (κ1) is 123. The molecule has 0 saturated carbocycles. The van der Waals surface area contributed by atoms with E-state index in [9.17, 15) is 67.1 Å². The van der Waals surface area contributed by atoms with Gasteiger partial charge in [-0.25, -0.2) is 19.9 Å². The third kappa shape index (κ3) is 72.7. The van der Waals surface area contributed by atoms with Crippen molar-refractivity contribution < 1.29 is 110 Å². The van der Waals surface area contributed by atoms with Crippen LogP contribution in [0.5, 0.6) is 0 Å². The Bertz CT molecular complexity index is 3940. The zero-order valence-corrected chi connectivity index (χ0v) is 84.9. The van der Waals surface area contributed by atoms with Crippen LogP contribution in [0.25, 0.3) is 0 Å². The summed E-state index contributed by atoms with van der Waals surface area (Å²) in [7, 11) is 12.4. The lowest BCUT2D eigenvalue weighted by Gasteiger charge is -2.17. The van der Waals surface area contributed by atoms with Gasteiger partial charge in [0.1, 0.15) is 46.5 Å². The van der Waals surface area contributed by atoms with E-state index in [1.807, 2.05) is 79.7 Å². The van der Waals surface area contributed by atoms with E-state index in [1.54, 1.807) is 85.7 Å². The molecule has 44 heteroatoms. The van der Waals surface area contributed by atoms with Crippen molar-refractivity contribution in [3.05, 3.63) is 97.6 Å². The van der Waals surface area contributed by atoms with E-state index in [0.717, 1.165) is 39.4 Å². The Hall–Kier alpha value is -7.54. The maximum atomic E-state index is 13.4. The van der Waals surface area contributed by atoms with E-state index in [4.69, 9.17) is 48.7 Å². The first-order valence-electron chi connectivity index (χ1n) is 46.3. The highest BCUT2D eigenvalue weighted by atomic mass is 33.1. The number of primary amides is 1. The van der Waals surface area contributed by atoms with E-state index in [1.165, 1.54) is 32.4 Å². The minimum absolute atomic E-state index is 0.00226. The quantitative estimate of drug-likeness (QED) is 0.0145. The number of carboxylic acid groups (broad SMARTS) is 1. The van der Waals surface area contributed by atoms with Gasteiger partial charge in [-0.3, -0.25) is 67.1 Å². The van der Waals surface area contributed by atoms with Gasteiger partial charge in [-0.2, -0.15) is 0 Å². The average molecular weight is 2050 g/mol. The number of aromatic nitrogens is 4. The molecule has 9 amide bonds. The molecule has 0 unspecified atom stereocenters. The van der Waals surface area contributed by atoms with E-state index < -0.39 is 29.6 Å². The number of ether oxygens (including phenoxy) is 8. The Morgan fingerprint density at radius 3 is 0.912 bits per heavy atom. The second-order valence-corrected chi connectivity index (χ2v) is 40.4. The summed E-state index contributed by atoms with van der Waals surface area (Å²) in [5.74, 6) is -2.56. The smallest absolute Gasteiger partial charge is 0.303 e. The van der Waals surface area contributed by atoms with E-state index in [2.05, 4.69) is 62.5 Å². The van der Waals surface area contributed by atoms with Gasteiger partial charge in [-0.05, 0) is 156 Å².